The quantitative estimate of drug-likeness (QED) is 0.661. The fourth-order valence-electron chi connectivity index (χ4n) is 2.63. The number of rotatable bonds is 8. The van der Waals surface area contributed by atoms with Gasteiger partial charge < -0.3 is 19.2 Å². The standard InChI is InChI=1S/C20H20N2O6S/c1-3-27-15-7-6-13(9-16(15)26-2)10-17-19(24)22(20(25)29-17)12-18(23)21-11-14-5-4-8-28-14/h4-10H,3,11-12H2,1-2H3,(H,21,23)/b17-10-. The molecule has 0 radical (unpaired) electrons. The number of thioether (sulfide) groups is 1. The number of hydrogen-bond acceptors (Lipinski definition) is 7. The number of carbonyl (C=O) groups excluding carboxylic acids is 3. The van der Waals surface area contributed by atoms with Gasteiger partial charge in [-0.25, -0.2) is 0 Å². The second kappa shape index (κ2) is 9.33. The van der Waals surface area contributed by atoms with Crippen LogP contribution in [-0.2, 0) is 16.1 Å². The Morgan fingerprint density at radius 1 is 1.28 bits per heavy atom. The van der Waals surface area contributed by atoms with Gasteiger partial charge in [-0.1, -0.05) is 6.07 Å². The third kappa shape index (κ3) is 5.00. The Morgan fingerprint density at radius 3 is 2.79 bits per heavy atom. The van der Waals surface area contributed by atoms with Crippen LogP contribution >= 0.6 is 11.8 Å². The number of methoxy groups -OCH3 is 1. The molecule has 0 spiro atoms. The molecule has 1 saturated heterocycles. The van der Waals surface area contributed by atoms with E-state index in [1.165, 1.54) is 13.4 Å². The van der Waals surface area contributed by atoms with Crippen molar-refractivity contribution in [2.45, 2.75) is 13.5 Å². The molecule has 3 amide bonds. The predicted molar refractivity (Wildman–Crippen MR) is 107 cm³/mol. The second-order valence-electron chi connectivity index (χ2n) is 5.97. The molecule has 0 aliphatic carbocycles. The predicted octanol–water partition coefficient (Wildman–Crippen LogP) is 3.04. The molecule has 1 fully saturated rings. The highest BCUT2D eigenvalue weighted by Crippen LogP contribution is 2.34. The van der Waals surface area contributed by atoms with E-state index in [4.69, 9.17) is 13.9 Å². The summed E-state index contributed by atoms with van der Waals surface area (Å²) in [7, 11) is 1.52. The molecule has 2 heterocycles. The minimum Gasteiger partial charge on any atom is -0.493 e. The van der Waals surface area contributed by atoms with Crippen molar-refractivity contribution < 1.29 is 28.3 Å². The summed E-state index contributed by atoms with van der Waals surface area (Å²) in [6, 6.07) is 8.64. The Balaban J connectivity index is 1.67. The van der Waals surface area contributed by atoms with E-state index in [2.05, 4.69) is 5.32 Å². The summed E-state index contributed by atoms with van der Waals surface area (Å²) in [5.74, 6) is 0.733. The van der Waals surface area contributed by atoms with Crippen LogP contribution in [0.15, 0.2) is 45.9 Å². The van der Waals surface area contributed by atoms with Crippen molar-refractivity contribution in [1.29, 1.82) is 0 Å². The van der Waals surface area contributed by atoms with Crippen LogP contribution in [0.2, 0.25) is 0 Å². The summed E-state index contributed by atoms with van der Waals surface area (Å²) in [5.41, 5.74) is 0.679. The summed E-state index contributed by atoms with van der Waals surface area (Å²) >= 11 is 0.790. The molecule has 0 saturated carbocycles. The van der Waals surface area contributed by atoms with E-state index in [0.29, 0.717) is 29.4 Å². The van der Waals surface area contributed by atoms with Crippen molar-refractivity contribution in [2.24, 2.45) is 0 Å². The Morgan fingerprint density at radius 2 is 2.10 bits per heavy atom. The highest BCUT2D eigenvalue weighted by Gasteiger charge is 2.36. The van der Waals surface area contributed by atoms with Crippen molar-refractivity contribution >= 4 is 34.9 Å². The van der Waals surface area contributed by atoms with Gasteiger partial charge in [0, 0.05) is 0 Å². The number of ether oxygens (including phenoxy) is 2. The van der Waals surface area contributed by atoms with Crippen molar-refractivity contribution in [1.82, 2.24) is 10.2 Å². The molecule has 152 valence electrons. The van der Waals surface area contributed by atoms with Gasteiger partial charge in [0.2, 0.25) is 5.91 Å². The summed E-state index contributed by atoms with van der Waals surface area (Å²) in [6.45, 7) is 2.20. The van der Waals surface area contributed by atoms with Crippen LogP contribution in [0.5, 0.6) is 11.5 Å². The number of nitrogens with one attached hydrogen (secondary N) is 1. The molecule has 2 aromatic rings. The lowest BCUT2D eigenvalue weighted by molar-refractivity contribution is -0.129. The van der Waals surface area contributed by atoms with Gasteiger partial charge in [0.05, 0.1) is 31.4 Å². The minimum absolute atomic E-state index is 0.184. The zero-order chi connectivity index (χ0) is 20.8. The number of hydrogen-bond donors (Lipinski definition) is 1. The van der Waals surface area contributed by atoms with E-state index >= 15 is 0 Å². The van der Waals surface area contributed by atoms with Crippen molar-refractivity contribution in [3.05, 3.63) is 52.8 Å². The maximum atomic E-state index is 12.6. The van der Waals surface area contributed by atoms with Crippen LogP contribution in [0.1, 0.15) is 18.2 Å². The van der Waals surface area contributed by atoms with Crippen LogP contribution in [0, 0.1) is 0 Å². The average molecular weight is 416 g/mol. The lowest BCUT2D eigenvalue weighted by Gasteiger charge is -2.12. The molecule has 8 nitrogen and oxygen atoms in total. The summed E-state index contributed by atoms with van der Waals surface area (Å²) in [6.07, 6.45) is 3.09. The topological polar surface area (TPSA) is 98.1 Å². The van der Waals surface area contributed by atoms with E-state index < -0.39 is 17.1 Å². The number of benzene rings is 1. The molecule has 1 aromatic heterocycles. The number of furan rings is 1. The molecule has 1 aliphatic rings. The largest absolute Gasteiger partial charge is 0.493 e. The molecule has 0 bridgehead atoms. The lowest BCUT2D eigenvalue weighted by atomic mass is 10.2. The van der Waals surface area contributed by atoms with E-state index in [1.807, 2.05) is 6.92 Å². The number of nitrogens with zero attached hydrogens (tertiary/aromatic N) is 1. The van der Waals surface area contributed by atoms with Crippen LogP contribution in [0.3, 0.4) is 0 Å². The van der Waals surface area contributed by atoms with Crippen molar-refractivity contribution in [3.8, 4) is 11.5 Å². The fourth-order valence-corrected chi connectivity index (χ4v) is 3.47. The highest BCUT2D eigenvalue weighted by atomic mass is 32.2. The smallest absolute Gasteiger partial charge is 0.294 e. The molecule has 1 aromatic carbocycles. The summed E-state index contributed by atoms with van der Waals surface area (Å²) in [5, 5.41) is 2.12. The van der Waals surface area contributed by atoms with E-state index in [-0.39, 0.29) is 18.0 Å². The zero-order valence-corrected chi connectivity index (χ0v) is 16.8. The third-order valence-electron chi connectivity index (χ3n) is 4.00. The molecule has 3 rings (SSSR count). The normalized spacial score (nSPS) is 15.1. The Labute approximate surface area is 171 Å². The highest BCUT2D eigenvalue weighted by molar-refractivity contribution is 8.18. The molecule has 9 heteroatoms. The van der Waals surface area contributed by atoms with E-state index in [0.717, 1.165) is 16.7 Å². The van der Waals surface area contributed by atoms with E-state index in [9.17, 15) is 14.4 Å². The fraction of sp³-hybridized carbons (Fsp3) is 0.250. The van der Waals surface area contributed by atoms with Gasteiger partial charge in [0.15, 0.2) is 11.5 Å². The second-order valence-corrected chi connectivity index (χ2v) is 6.96. The van der Waals surface area contributed by atoms with Crippen molar-refractivity contribution in [3.63, 3.8) is 0 Å². The van der Waals surface area contributed by atoms with E-state index in [1.54, 1.807) is 36.4 Å². The van der Waals surface area contributed by atoms with Crippen LogP contribution in [0.25, 0.3) is 6.08 Å². The van der Waals surface area contributed by atoms with Crippen LogP contribution in [0.4, 0.5) is 4.79 Å². The third-order valence-corrected chi connectivity index (χ3v) is 4.91. The molecule has 0 atom stereocenters. The zero-order valence-electron chi connectivity index (χ0n) is 16.0. The molecule has 1 aliphatic heterocycles. The molecule has 1 N–H and O–H groups in total. The van der Waals surface area contributed by atoms with Gasteiger partial charge in [-0.15, -0.1) is 0 Å². The Hall–Kier alpha value is -3.20. The van der Waals surface area contributed by atoms with Gasteiger partial charge >= 0.3 is 0 Å². The molecule has 29 heavy (non-hydrogen) atoms. The number of amides is 3. The molecular formula is C20H20N2O6S. The molecular weight excluding hydrogens is 396 g/mol. The SMILES string of the molecule is CCOc1ccc(/C=C2\SC(=O)N(CC(=O)NCc3ccco3)C2=O)cc1OC. The van der Waals surface area contributed by atoms with Gasteiger partial charge in [0.25, 0.3) is 11.1 Å². The first-order valence-electron chi connectivity index (χ1n) is 8.87. The average Bonchev–Trinajstić information content (AvgIpc) is 3.32. The summed E-state index contributed by atoms with van der Waals surface area (Å²) in [4.78, 5) is 38.0. The van der Waals surface area contributed by atoms with Crippen LogP contribution < -0.4 is 14.8 Å². The van der Waals surface area contributed by atoms with Crippen LogP contribution in [-0.4, -0.2) is 42.2 Å². The van der Waals surface area contributed by atoms with Gasteiger partial charge in [0.1, 0.15) is 12.3 Å². The first-order chi connectivity index (χ1) is 14.0. The van der Waals surface area contributed by atoms with Crippen molar-refractivity contribution in [2.75, 3.05) is 20.3 Å². The number of imide groups is 1. The Bertz CT molecular complexity index is 938. The van der Waals surface area contributed by atoms with Gasteiger partial charge in [-0.05, 0) is 54.6 Å². The maximum absolute atomic E-state index is 12.6. The van der Waals surface area contributed by atoms with Gasteiger partial charge in [-0.2, -0.15) is 0 Å². The first-order valence-corrected chi connectivity index (χ1v) is 9.68. The minimum atomic E-state index is -0.513. The van der Waals surface area contributed by atoms with Gasteiger partial charge in [-0.3, -0.25) is 19.3 Å². The monoisotopic (exact) mass is 416 g/mol. The summed E-state index contributed by atoms with van der Waals surface area (Å²) < 4.78 is 15.9. The lowest BCUT2D eigenvalue weighted by Crippen LogP contribution is -2.39. The Kier molecular flexibility index (Phi) is 6.61. The first kappa shape index (κ1) is 20.5. The number of carbonyl (C=O) groups is 3. The maximum Gasteiger partial charge on any atom is 0.294 e. The molecule has 0 unspecified atom stereocenters.